The maximum atomic E-state index is 12.6. The van der Waals surface area contributed by atoms with E-state index in [1.54, 1.807) is 7.05 Å². The molecule has 0 radical (unpaired) electrons. The number of hydrogen-bond donors (Lipinski definition) is 2. The molecule has 0 spiro atoms. The summed E-state index contributed by atoms with van der Waals surface area (Å²) in [5.74, 6) is 0. The lowest BCUT2D eigenvalue weighted by Gasteiger charge is -2.25. The summed E-state index contributed by atoms with van der Waals surface area (Å²) < 4.78 is 0. The van der Waals surface area contributed by atoms with Crippen molar-refractivity contribution in [2.24, 2.45) is 0 Å². The minimum atomic E-state index is -0.0919. The molecule has 140 valence electrons. The van der Waals surface area contributed by atoms with Crippen LogP contribution in [-0.2, 0) is 13.1 Å². The Balaban J connectivity index is 1.94. The average molecular weight is 400 g/mol. The van der Waals surface area contributed by atoms with Crippen molar-refractivity contribution in [1.29, 1.82) is 0 Å². The first-order chi connectivity index (χ1) is 12.9. The quantitative estimate of drug-likeness (QED) is 0.642. The van der Waals surface area contributed by atoms with Crippen LogP contribution in [0.15, 0.2) is 47.3 Å². The minimum absolute atomic E-state index is 0.0919. The molecule has 1 aromatic heterocycles. The Morgan fingerprint density at radius 3 is 2.44 bits per heavy atom. The molecular formula is C21H22ClN3OS. The highest BCUT2D eigenvalue weighted by molar-refractivity contribution is 7.80. The van der Waals surface area contributed by atoms with Gasteiger partial charge in [0.15, 0.2) is 5.11 Å². The highest BCUT2D eigenvalue weighted by atomic mass is 35.5. The van der Waals surface area contributed by atoms with Gasteiger partial charge in [-0.05, 0) is 78.5 Å². The summed E-state index contributed by atoms with van der Waals surface area (Å²) in [4.78, 5) is 17.6. The Bertz CT molecular complexity index is 1040. The first kappa shape index (κ1) is 19.4. The van der Waals surface area contributed by atoms with Gasteiger partial charge in [-0.15, -0.1) is 0 Å². The fourth-order valence-electron chi connectivity index (χ4n) is 3.01. The number of H-pyrrole nitrogens is 1. The zero-order valence-corrected chi connectivity index (χ0v) is 17.2. The molecule has 0 saturated heterocycles. The van der Waals surface area contributed by atoms with E-state index in [4.69, 9.17) is 23.8 Å². The summed E-state index contributed by atoms with van der Waals surface area (Å²) in [5.41, 5.74) is 4.87. The van der Waals surface area contributed by atoms with Gasteiger partial charge in [0.05, 0.1) is 6.54 Å². The number of nitrogens with zero attached hydrogens (tertiary/aromatic N) is 1. The molecule has 3 rings (SSSR count). The number of thiocarbonyl (C=S) groups is 1. The molecule has 0 aliphatic rings. The van der Waals surface area contributed by atoms with Crippen molar-refractivity contribution in [3.63, 3.8) is 0 Å². The number of nitrogens with one attached hydrogen (secondary N) is 2. The molecule has 1 heterocycles. The van der Waals surface area contributed by atoms with Crippen molar-refractivity contribution in [2.45, 2.75) is 26.9 Å². The first-order valence-corrected chi connectivity index (χ1v) is 9.50. The van der Waals surface area contributed by atoms with E-state index in [-0.39, 0.29) is 5.56 Å². The SMILES string of the molecule is CNC(=S)N(Cc1ccc(Cl)cc1)Cc1cc2cc(C)c(C)cc2[nH]c1=O. The highest BCUT2D eigenvalue weighted by Gasteiger charge is 2.13. The molecule has 0 saturated carbocycles. The van der Waals surface area contributed by atoms with E-state index in [9.17, 15) is 4.79 Å². The van der Waals surface area contributed by atoms with Gasteiger partial charge in [-0.2, -0.15) is 0 Å². The smallest absolute Gasteiger partial charge is 0.253 e. The van der Waals surface area contributed by atoms with E-state index in [1.807, 2.05) is 48.2 Å². The number of benzene rings is 2. The number of aryl methyl sites for hydroxylation is 2. The number of pyridine rings is 1. The van der Waals surface area contributed by atoms with Gasteiger partial charge in [0.25, 0.3) is 5.56 Å². The molecule has 0 bridgehead atoms. The van der Waals surface area contributed by atoms with Gasteiger partial charge in [-0.25, -0.2) is 0 Å². The van der Waals surface area contributed by atoms with E-state index in [1.165, 1.54) is 5.56 Å². The Hall–Kier alpha value is -2.37. The summed E-state index contributed by atoms with van der Waals surface area (Å²) in [6.07, 6.45) is 0. The zero-order chi connectivity index (χ0) is 19.6. The highest BCUT2D eigenvalue weighted by Crippen LogP contribution is 2.18. The van der Waals surface area contributed by atoms with Crippen LogP contribution < -0.4 is 10.9 Å². The van der Waals surface area contributed by atoms with Crippen molar-refractivity contribution in [3.8, 4) is 0 Å². The molecular weight excluding hydrogens is 378 g/mol. The Labute approximate surface area is 169 Å². The summed E-state index contributed by atoms with van der Waals surface area (Å²) in [6, 6.07) is 13.7. The van der Waals surface area contributed by atoms with Gasteiger partial charge in [0, 0.05) is 29.7 Å². The van der Waals surface area contributed by atoms with E-state index in [2.05, 4.69) is 23.3 Å². The molecule has 6 heteroatoms. The fourth-order valence-corrected chi connectivity index (χ4v) is 3.27. The summed E-state index contributed by atoms with van der Waals surface area (Å²) in [6.45, 7) is 5.12. The molecule has 2 aromatic carbocycles. The molecule has 0 aliphatic carbocycles. The van der Waals surface area contributed by atoms with Gasteiger partial charge in [-0.3, -0.25) is 4.79 Å². The van der Waals surface area contributed by atoms with Crippen LogP contribution in [0.3, 0.4) is 0 Å². The van der Waals surface area contributed by atoms with Crippen LogP contribution in [0.5, 0.6) is 0 Å². The topological polar surface area (TPSA) is 48.1 Å². The number of halogens is 1. The van der Waals surface area contributed by atoms with Gasteiger partial charge < -0.3 is 15.2 Å². The van der Waals surface area contributed by atoms with Gasteiger partial charge in [0.2, 0.25) is 0 Å². The maximum absolute atomic E-state index is 12.6. The predicted molar refractivity (Wildman–Crippen MR) is 116 cm³/mol. The second-order valence-corrected chi connectivity index (χ2v) is 7.51. The first-order valence-electron chi connectivity index (χ1n) is 8.71. The summed E-state index contributed by atoms with van der Waals surface area (Å²) >= 11 is 11.4. The number of aromatic nitrogens is 1. The lowest BCUT2D eigenvalue weighted by atomic mass is 10.0. The zero-order valence-electron chi connectivity index (χ0n) is 15.6. The maximum Gasteiger partial charge on any atom is 0.253 e. The van der Waals surface area contributed by atoms with Crippen LogP contribution in [0.2, 0.25) is 5.02 Å². The third kappa shape index (κ3) is 4.49. The Morgan fingerprint density at radius 2 is 1.78 bits per heavy atom. The molecule has 0 unspecified atom stereocenters. The minimum Gasteiger partial charge on any atom is -0.366 e. The second-order valence-electron chi connectivity index (χ2n) is 6.69. The molecule has 2 N–H and O–H groups in total. The van der Waals surface area contributed by atoms with E-state index >= 15 is 0 Å². The van der Waals surface area contributed by atoms with Crippen LogP contribution in [0.4, 0.5) is 0 Å². The van der Waals surface area contributed by atoms with Crippen molar-refractivity contribution < 1.29 is 0 Å². The van der Waals surface area contributed by atoms with Crippen LogP contribution >= 0.6 is 23.8 Å². The van der Waals surface area contributed by atoms with Crippen LogP contribution in [-0.4, -0.2) is 22.0 Å². The number of fused-ring (bicyclic) bond motifs is 1. The normalized spacial score (nSPS) is 10.8. The lowest BCUT2D eigenvalue weighted by molar-refractivity contribution is 0.401. The molecule has 0 atom stereocenters. The molecule has 3 aromatic rings. The van der Waals surface area contributed by atoms with Crippen molar-refractivity contribution in [1.82, 2.24) is 15.2 Å². The predicted octanol–water partition coefficient (Wildman–Crippen LogP) is 4.30. The third-order valence-corrected chi connectivity index (χ3v) is 5.40. The monoisotopic (exact) mass is 399 g/mol. The van der Waals surface area contributed by atoms with E-state index < -0.39 is 0 Å². The van der Waals surface area contributed by atoms with Crippen molar-refractivity contribution in [3.05, 3.63) is 80.1 Å². The number of hydrogen-bond acceptors (Lipinski definition) is 2. The van der Waals surface area contributed by atoms with Crippen LogP contribution in [0, 0.1) is 13.8 Å². The molecule has 0 amide bonds. The van der Waals surface area contributed by atoms with E-state index in [0.29, 0.717) is 28.8 Å². The fraction of sp³-hybridized carbons (Fsp3) is 0.238. The number of rotatable bonds is 4. The van der Waals surface area contributed by atoms with Gasteiger partial charge >= 0.3 is 0 Å². The largest absolute Gasteiger partial charge is 0.366 e. The van der Waals surface area contributed by atoms with Crippen LogP contribution in [0.1, 0.15) is 22.3 Å². The number of aromatic amines is 1. The van der Waals surface area contributed by atoms with E-state index in [0.717, 1.165) is 22.0 Å². The molecule has 0 aliphatic heterocycles. The second kappa shape index (κ2) is 8.11. The van der Waals surface area contributed by atoms with Gasteiger partial charge in [0.1, 0.15) is 0 Å². The summed E-state index contributed by atoms with van der Waals surface area (Å²) in [5, 5.41) is 5.31. The van der Waals surface area contributed by atoms with Crippen LogP contribution in [0.25, 0.3) is 10.9 Å². The third-order valence-electron chi connectivity index (χ3n) is 4.68. The Morgan fingerprint density at radius 1 is 1.11 bits per heavy atom. The van der Waals surface area contributed by atoms with Crippen molar-refractivity contribution >= 4 is 39.8 Å². The van der Waals surface area contributed by atoms with Crippen molar-refractivity contribution in [2.75, 3.05) is 7.05 Å². The molecule has 0 fully saturated rings. The summed E-state index contributed by atoms with van der Waals surface area (Å²) in [7, 11) is 1.79. The standard InChI is InChI=1S/C21H22ClN3OS/c1-13-8-16-10-17(20(26)24-19(16)9-14(13)2)12-25(21(27)23-3)11-15-4-6-18(22)7-5-15/h4-10H,11-12H2,1-3H3,(H,23,27)(H,24,26). The van der Waals surface area contributed by atoms with Gasteiger partial charge in [-0.1, -0.05) is 23.7 Å². The average Bonchev–Trinajstić information content (AvgIpc) is 2.64. The molecule has 4 nitrogen and oxygen atoms in total. The Kier molecular flexibility index (Phi) is 5.82. The molecule has 27 heavy (non-hydrogen) atoms. The lowest BCUT2D eigenvalue weighted by Crippen LogP contribution is -2.38.